The largest absolute Gasteiger partial charge is 0.493 e. The number of nitriles is 1. The van der Waals surface area contributed by atoms with Gasteiger partial charge in [0.1, 0.15) is 11.6 Å². The number of benzene rings is 3. The van der Waals surface area contributed by atoms with Crippen LogP contribution in [0, 0.1) is 11.3 Å². The van der Waals surface area contributed by atoms with Crippen LogP contribution in [0.1, 0.15) is 16.7 Å². The SMILES string of the molecule is COC(=O)/C(C#N)=C/c1ccc(OC(=O)/C(=C/c2ccccc2)c2ccccc2)c(OC)c1. The number of nitrogens with zero attached hydrogens (tertiary/aromatic N) is 1. The zero-order valence-corrected chi connectivity index (χ0v) is 18.1. The van der Waals surface area contributed by atoms with Gasteiger partial charge in [-0.15, -0.1) is 0 Å². The van der Waals surface area contributed by atoms with E-state index in [1.807, 2.05) is 60.7 Å². The standard InChI is InChI=1S/C27H21NO5/c1-31-25-17-20(15-22(18-28)26(29)32-2)13-14-24(25)33-27(30)23(21-11-7-4-8-12-21)16-19-9-5-3-6-10-19/h3-17H,1-2H3/b22-15+,23-16+. The fourth-order valence-corrected chi connectivity index (χ4v) is 3.02. The zero-order valence-electron chi connectivity index (χ0n) is 18.1. The van der Waals surface area contributed by atoms with Crippen LogP contribution in [0.3, 0.4) is 0 Å². The van der Waals surface area contributed by atoms with Gasteiger partial charge in [-0.05, 0) is 41.0 Å². The van der Waals surface area contributed by atoms with Crippen molar-refractivity contribution in [1.82, 2.24) is 0 Å². The second kappa shape index (κ2) is 11.1. The molecule has 0 saturated heterocycles. The van der Waals surface area contributed by atoms with Crippen LogP contribution in [0.15, 0.2) is 84.4 Å². The zero-order chi connectivity index (χ0) is 23.6. The fraction of sp³-hybridized carbons (Fsp3) is 0.0741. The molecule has 0 heterocycles. The third kappa shape index (κ3) is 5.96. The smallest absolute Gasteiger partial charge is 0.348 e. The molecule has 0 N–H and O–H groups in total. The van der Waals surface area contributed by atoms with Crippen LogP contribution in [0.5, 0.6) is 11.5 Å². The van der Waals surface area contributed by atoms with Crippen molar-refractivity contribution in [2.24, 2.45) is 0 Å². The summed E-state index contributed by atoms with van der Waals surface area (Å²) >= 11 is 0. The molecule has 0 amide bonds. The van der Waals surface area contributed by atoms with E-state index in [2.05, 4.69) is 4.74 Å². The molecule has 3 aromatic carbocycles. The monoisotopic (exact) mass is 439 g/mol. The van der Waals surface area contributed by atoms with Crippen LogP contribution < -0.4 is 9.47 Å². The minimum absolute atomic E-state index is 0.165. The maximum Gasteiger partial charge on any atom is 0.348 e. The third-order valence-corrected chi connectivity index (χ3v) is 4.64. The van der Waals surface area contributed by atoms with Gasteiger partial charge >= 0.3 is 11.9 Å². The first-order valence-electron chi connectivity index (χ1n) is 9.98. The molecule has 33 heavy (non-hydrogen) atoms. The van der Waals surface area contributed by atoms with E-state index in [0.29, 0.717) is 16.7 Å². The second-order valence-electron chi connectivity index (χ2n) is 6.80. The summed E-state index contributed by atoms with van der Waals surface area (Å²) in [7, 11) is 2.63. The highest BCUT2D eigenvalue weighted by Crippen LogP contribution is 2.31. The first-order valence-corrected chi connectivity index (χ1v) is 9.98. The second-order valence-corrected chi connectivity index (χ2v) is 6.80. The van der Waals surface area contributed by atoms with E-state index in [1.54, 1.807) is 30.3 Å². The maximum atomic E-state index is 13.2. The number of carbonyl (C=O) groups is 2. The van der Waals surface area contributed by atoms with E-state index >= 15 is 0 Å². The average molecular weight is 439 g/mol. The van der Waals surface area contributed by atoms with Crippen molar-refractivity contribution in [3.05, 3.63) is 101 Å². The summed E-state index contributed by atoms with van der Waals surface area (Å²) in [6.07, 6.45) is 3.13. The molecule has 0 atom stereocenters. The third-order valence-electron chi connectivity index (χ3n) is 4.64. The summed E-state index contributed by atoms with van der Waals surface area (Å²) in [4.78, 5) is 24.8. The van der Waals surface area contributed by atoms with Crippen molar-refractivity contribution in [2.45, 2.75) is 0 Å². The van der Waals surface area contributed by atoms with Crippen molar-refractivity contribution in [2.75, 3.05) is 14.2 Å². The molecule has 6 heteroatoms. The summed E-state index contributed by atoms with van der Waals surface area (Å²) in [5, 5.41) is 9.15. The van der Waals surface area contributed by atoms with Gasteiger partial charge in [-0.1, -0.05) is 66.7 Å². The molecule has 0 bridgehead atoms. The van der Waals surface area contributed by atoms with Gasteiger partial charge in [-0.3, -0.25) is 0 Å². The van der Waals surface area contributed by atoms with Gasteiger partial charge in [0, 0.05) is 0 Å². The van der Waals surface area contributed by atoms with Crippen molar-refractivity contribution >= 4 is 29.7 Å². The van der Waals surface area contributed by atoms with Gasteiger partial charge in [-0.2, -0.15) is 5.26 Å². The molecule has 0 unspecified atom stereocenters. The molecule has 0 radical (unpaired) electrons. The lowest BCUT2D eigenvalue weighted by Gasteiger charge is -2.12. The minimum atomic E-state index is -0.745. The fourth-order valence-electron chi connectivity index (χ4n) is 3.02. The van der Waals surface area contributed by atoms with Gasteiger partial charge < -0.3 is 14.2 Å². The Hall–Kier alpha value is -4.63. The molecular formula is C27H21NO5. The summed E-state index contributed by atoms with van der Waals surface area (Å²) in [6.45, 7) is 0. The highest BCUT2D eigenvalue weighted by molar-refractivity contribution is 6.22. The van der Waals surface area contributed by atoms with Crippen molar-refractivity contribution < 1.29 is 23.8 Å². The van der Waals surface area contributed by atoms with Gasteiger partial charge in [0.05, 0.1) is 19.8 Å². The number of hydrogen-bond donors (Lipinski definition) is 0. The van der Waals surface area contributed by atoms with Crippen molar-refractivity contribution in [3.8, 4) is 17.6 Å². The molecule has 0 saturated carbocycles. The van der Waals surface area contributed by atoms with Gasteiger partial charge in [0.25, 0.3) is 0 Å². The molecule has 3 rings (SSSR count). The maximum absolute atomic E-state index is 13.2. The van der Waals surface area contributed by atoms with Gasteiger partial charge in [0.2, 0.25) is 0 Å². The van der Waals surface area contributed by atoms with E-state index in [1.165, 1.54) is 20.3 Å². The Kier molecular flexibility index (Phi) is 7.76. The number of hydrogen-bond acceptors (Lipinski definition) is 6. The van der Waals surface area contributed by atoms with E-state index in [0.717, 1.165) is 5.56 Å². The molecular weight excluding hydrogens is 418 g/mol. The highest BCUT2D eigenvalue weighted by Gasteiger charge is 2.18. The molecule has 0 aliphatic carbocycles. The molecule has 0 aromatic heterocycles. The Bertz CT molecular complexity index is 1240. The number of ether oxygens (including phenoxy) is 3. The van der Waals surface area contributed by atoms with Crippen LogP contribution in [-0.2, 0) is 14.3 Å². The van der Waals surface area contributed by atoms with Crippen LogP contribution >= 0.6 is 0 Å². The highest BCUT2D eigenvalue weighted by atomic mass is 16.6. The predicted molar refractivity (Wildman–Crippen MR) is 125 cm³/mol. The van der Waals surface area contributed by atoms with Crippen LogP contribution in [0.25, 0.3) is 17.7 Å². The molecule has 0 aliphatic rings. The van der Waals surface area contributed by atoms with E-state index in [-0.39, 0.29) is 17.1 Å². The lowest BCUT2D eigenvalue weighted by Crippen LogP contribution is -2.11. The normalized spacial score (nSPS) is 11.3. The lowest BCUT2D eigenvalue weighted by molar-refractivity contribution is -0.135. The first-order chi connectivity index (χ1) is 16.0. The van der Waals surface area contributed by atoms with Crippen LogP contribution in [0.4, 0.5) is 0 Å². The van der Waals surface area contributed by atoms with Crippen LogP contribution in [0.2, 0.25) is 0 Å². The Morgan fingerprint density at radius 2 is 1.45 bits per heavy atom. The number of methoxy groups -OCH3 is 2. The molecule has 0 fully saturated rings. The molecule has 0 spiro atoms. The first kappa shape index (κ1) is 23.0. The molecule has 0 aliphatic heterocycles. The average Bonchev–Trinajstić information content (AvgIpc) is 2.87. The van der Waals surface area contributed by atoms with Crippen molar-refractivity contribution in [3.63, 3.8) is 0 Å². The summed E-state index contributed by atoms with van der Waals surface area (Å²) < 4.78 is 15.6. The Balaban J connectivity index is 1.94. The molecule has 3 aromatic rings. The molecule has 6 nitrogen and oxygen atoms in total. The minimum Gasteiger partial charge on any atom is -0.493 e. The Morgan fingerprint density at radius 3 is 2.06 bits per heavy atom. The lowest BCUT2D eigenvalue weighted by atomic mass is 10.0. The van der Waals surface area contributed by atoms with E-state index in [9.17, 15) is 9.59 Å². The quantitative estimate of drug-likeness (QED) is 0.171. The van der Waals surface area contributed by atoms with Crippen molar-refractivity contribution in [1.29, 1.82) is 5.26 Å². The van der Waals surface area contributed by atoms with Gasteiger partial charge in [-0.25, -0.2) is 9.59 Å². The number of carbonyl (C=O) groups excluding carboxylic acids is 2. The predicted octanol–water partition coefficient (Wildman–Crippen LogP) is 4.92. The number of rotatable bonds is 7. The summed E-state index contributed by atoms with van der Waals surface area (Å²) in [5.41, 5.74) is 2.29. The summed E-state index contributed by atoms with van der Waals surface area (Å²) in [5.74, 6) is -0.832. The molecule has 164 valence electrons. The topological polar surface area (TPSA) is 85.6 Å². The van der Waals surface area contributed by atoms with Crippen LogP contribution in [-0.4, -0.2) is 26.2 Å². The number of esters is 2. The van der Waals surface area contributed by atoms with E-state index in [4.69, 9.17) is 14.7 Å². The Labute approximate surface area is 192 Å². The summed E-state index contributed by atoms with van der Waals surface area (Å²) in [6, 6.07) is 25.2. The Morgan fingerprint density at radius 1 is 0.788 bits per heavy atom. The van der Waals surface area contributed by atoms with Gasteiger partial charge in [0.15, 0.2) is 11.5 Å². The van der Waals surface area contributed by atoms with E-state index < -0.39 is 11.9 Å².